The van der Waals surface area contributed by atoms with Crippen molar-refractivity contribution < 1.29 is 19.4 Å². The van der Waals surface area contributed by atoms with E-state index in [-0.39, 0.29) is 17.3 Å². The van der Waals surface area contributed by atoms with E-state index in [1.807, 2.05) is 0 Å². The monoisotopic (exact) mass is 258 g/mol. The highest BCUT2D eigenvalue weighted by atomic mass is 16.4. The minimum atomic E-state index is -0.790. The highest BCUT2D eigenvalue weighted by Crippen LogP contribution is 2.12. The smallest absolute Gasteiger partial charge is 0.340 e. The molecule has 0 saturated heterocycles. The third kappa shape index (κ3) is 3.32. The molecule has 5 heteroatoms. The Hall–Kier alpha value is -2.82. The minimum absolute atomic E-state index is 0.127. The fourth-order valence-electron chi connectivity index (χ4n) is 1.42. The number of hydrogen-bond acceptors (Lipinski definition) is 5. The molecule has 2 rings (SSSR count). The highest BCUT2D eigenvalue weighted by Gasteiger charge is 2.07. The van der Waals surface area contributed by atoms with Crippen molar-refractivity contribution in [1.82, 2.24) is 0 Å². The molecule has 1 aromatic heterocycles. The lowest BCUT2D eigenvalue weighted by atomic mass is 10.1. The Labute approximate surface area is 108 Å². The maximum absolute atomic E-state index is 11.7. The summed E-state index contributed by atoms with van der Waals surface area (Å²) in [7, 11) is 0. The van der Waals surface area contributed by atoms with Crippen LogP contribution in [0.25, 0.3) is 6.08 Å². The Bertz CT molecular complexity index is 680. The van der Waals surface area contributed by atoms with Gasteiger partial charge in [0, 0.05) is 6.07 Å². The van der Waals surface area contributed by atoms with Crippen LogP contribution in [0.3, 0.4) is 0 Å². The number of ketones is 1. The molecule has 0 amide bonds. The second-order valence-electron chi connectivity index (χ2n) is 3.79. The molecular formula is C14H10O5. The number of allylic oxidation sites excluding steroid dienone is 1. The van der Waals surface area contributed by atoms with Gasteiger partial charge in [-0.3, -0.25) is 4.79 Å². The van der Waals surface area contributed by atoms with Crippen LogP contribution in [0.2, 0.25) is 0 Å². The Morgan fingerprint density at radius 1 is 1.05 bits per heavy atom. The lowest BCUT2D eigenvalue weighted by Gasteiger charge is -1.96. The standard InChI is InChI=1S/C14H10O5/c15-10-4-1-9(2-5-10)3-6-12(17)13-7-11(16)8-14(18)19-13/h1-8,15-16H/b6-3+. The van der Waals surface area contributed by atoms with E-state index in [0.717, 1.165) is 12.1 Å². The molecule has 0 saturated carbocycles. The van der Waals surface area contributed by atoms with E-state index >= 15 is 0 Å². The molecule has 1 heterocycles. The Morgan fingerprint density at radius 2 is 1.74 bits per heavy atom. The van der Waals surface area contributed by atoms with Gasteiger partial charge in [0.2, 0.25) is 5.78 Å². The van der Waals surface area contributed by atoms with Gasteiger partial charge in [-0.1, -0.05) is 18.2 Å². The SMILES string of the molecule is O=C(/C=C/c1ccc(O)cc1)c1cc(O)cc(=O)o1. The molecule has 2 aromatic rings. The second kappa shape index (κ2) is 5.22. The fourth-order valence-corrected chi connectivity index (χ4v) is 1.42. The van der Waals surface area contributed by atoms with E-state index in [4.69, 9.17) is 5.11 Å². The third-order valence-corrected chi connectivity index (χ3v) is 2.32. The van der Waals surface area contributed by atoms with Crippen LogP contribution >= 0.6 is 0 Å². The van der Waals surface area contributed by atoms with Crippen molar-refractivity contribution in [2.45, 2.75) is 0 Å². The van der Waals surface area contributed by atoms with E-state index in [2.05, 4.69) is 4.42 Å². The molecule has 96 valence electrons. The zero-order chi connectivity index (χ0) is 13.8. The summed E-state index contributed by atoms with van der Waals surface area (Å²) < 4.78 is 4.67. The molecule has 0 atom stereocenters. The first kappa shape index (κ1) is 12.6. The first-order valence-electron chi connectivity index (χ1n) is 5.40. The number of aromatic hydroxyl groups is 2. The molecule has 0 radical (unpaired) electrons. The Balaban J connectivity index is 2.21. The van der Waals surface area contributed by atoms with Gasteiger partial charge in [-0.25, -0.2) is 4.79 Å². The average molecular weight is 258 g/mol. The third-order valence-electron chi connectivity index (χ3n) is 2.32. The van der Waals surface area contributed by atoms with E-state index in [9.17, 15) is 14.7 Å². The molecule has 0 aliphatic carbocycles. The summed E-state index contributed by atoms with van der Waals surface area (Å²) >= 11 is 0. The van der Waals surface area contributed by atoms with Gasteiger partial charge in [0.15, 0.2) is 5.76 Å². The van der Waals surface area contributed by atoms with Crippen molar-refractivity contribution in [2.75, 3.05) is 0 Å². The van der Waals surface area contributed by atoms with Crippen LogP contribution < -0.4 is 5.63 Å². The van der Waals surface area contributed by atoms with E-state index in [1.54, 1.807) is 12.1 Å². The van der Waals surface area contributed by atoms with Crippen molar-refractivity contribution in [1.29, 1.82) is 0 Å². The number of rotatable bonds is 3. The first-order valence-corrected chi connectivity index (χ1v) is 5.40. The second-order valence-corrected chi connectivity index (χ2v) is 3.79. The summed E-state index contributed by atoms with van der Waals surface area (Å²) in [5.41, 5.74) is -0.0879. The van der Waals surface area contributed by atoms with Crippen LogP contribution in [0.15, 0.2) is 51.7 Å². The van der Waals surface area contributed by atoms with Gasteiger partial charge in [0.05, 0.1) is 6.07 Å². The van der Waals surface area contributed by atoms with Gasteiger partial charge in [-0.05, 0) is 23.8 Å². The van der Waals surface area contributed by atoms with Gasteiger partial charge in [0.25, 0.3) is 0 Å². The molecule has 5 nitrogen and oxygen atoms in total. The lowest BCUT2D eigenvalue weighted by Crippen LogP contribution is -2.02. The molecule has 1 aromatic carbocycles. The van der Waals surface area contributed by atoms with Crippen LogP contribution in [-0.4, -0.2) is 16.0 Å². The molecule has 0 aliphatic rings. The van der Waals surface area contributed by atoms with E-state index in [1.165, 1.54) is 24.3 Å². The molecule has 0 aliphatic heterocycles. The van der Waals surface area contributed by atoms with Crippen molar-refractivity contribution in [3.8, 4) is 11.5 Å². The predicted octanol–water partition coefficient (Wildman–Crippen LogP) is 1.95. The Morgan fingerprint density at radius 3 is 2.37 bits per heavy atom. The van der Waals surface area contributed by atoms with Crippen LogP contribution in [0.5, 0.6) is 11.5 Å². The highest BCUT2D eigenvalue weighted by molar-refractivity contribution is 6.04. The molecule has 2 N–H and O–H groups in total. The number of carbonyl (C=O) groups is 1. The fraction of sp³-hybridized carbons (Fsp3) is 0. The molecule has 0 fully saturated rings. The van der Waals surface area contributed by atoms with Crippen LogP contribution in [0.4, 0.5) is 0 Å². The number of phenols is 1. The summed E-state index contributed by atoms with van der Waals surface area (Å²) in [4.78, 5) is 22.7. The number of hydrogen-bond donors (Lipinski definition) is 2. The molecular weight excluding hydrogens is 248 g/mol. The quantitative estimate of drug-likeness (QED) is 0.649. The van der Waals surface area contributed by atoms with Gasteiger partial charge in [-0.2, -0.15) is 0 Å². The molecule has 0 unspecified atom stereocenters. The normalized spacial score (nSPS) is 10.7. The molecule has 0 spiro atoms. The summed E-state index contributed by atoms with van der Waals surface area (Å²) in [5, 5.41) is 18.3. The van der Waals surface area contributed by atoms with Gasteiger partial charge >= 0.3 is 5.63 Å². The van der Waals surface area contributed by atoms with Crippen LogP contribution in [-0.2, 0) is 0 Å². The number of benzene rings is 1. The van der Waals surface area contributed by atoms with E-state index < -0.39 is 11.4 Å². The zero-order valence-corrected chi connectivity index (χ0v) is 9.74. The van der Waals surface area contributed by atoms with Crippen molar-refractivity contribution in [2.24, 2.45) is 0 Å². The van der Waals surface area contributed by atoms with Gasteiger partial charge in [0.1, 0.15) is 11.5 Å². The Kier molecular flexibility index (Phi) is 3.47. The topological polar surface area (TPSA) is 87.7 Å². The summed E-state index contributed by atoms with van der Waals surface area (Å²) in [6.45, 7) is 0. The molecule has 19 heavy (non-hydrogen) atoms. The minimum Gasteiger partial charge on any atom is -0.508 e. The predicted molar refractivity (Wildman–Crippen MR) is 68.1 cm³/mol. The summed E-state index contributed by atoms with van der Waals surface area (Å²) in [5.74, 6) is -0.971. The number of phenolic OH excluding ortho intramolecular Hbond substituents is 1. The van der Waals surface area contributed by atoms with Crippen LogP contribution in [0, 0.1) is 0 Å². The first-order chi connectivity index (χ1) is 9.04. The van der Waals surface area contributed by atoms with Crippen molar-refractivity contribution >= 4 is 11.9 Å². The van der Waals surface area contributed by atoms with Crippen molar-refractivity contribution in [3.05, 3.63) is 64.2 Å². The zero-order valence-electron chi connectivity index (χ0n) is 9.74. The summed E-state index contributed by atoms with van der Waals surface area (Å²) in [6, 6.07) is 8.16. The van der Waals surface area contributed by atoms with Gasteiger partial charge in [-0.15, -0.1) is 0 Å². The largest absolute Gasteiger partial charge is 0.508 e. The van der Waals surface area contributed by atoms with Crippen molar-refractivity contribution in [3.63, 3.8) is 0 Å². The van der Waals surface area contributed by atoms with E-state index in [0.29, 0.717) is 5.56 Å². The van der Waals surface area contributed by atoms with Gasteiger partial charge < -0.3 is 14.6 Å². The number of carbonyl (C=O) groups excluding carboxylic acids is 1. The summed E-state index contributed by atoms with van der Waals surface area (Å²) in [6.07, 6.45) is 2.72. The van der Waals surface area contributed by atoms with Crippen LogP contribution in [0.1, 0.15) is 16.1 Å². The molecule has 0 bridgehead atoms. The maximum atomic E-state index is 11.7. The lowest BCUT2D eigenvalue weighted by molar-refractivity contribution is 0.101. The average Bonchev–Trinajstić information content (AvgIpc) is 2.36. The maximum Gasteiger partial charge on any atom is 0.340 e.